The number of likely N-dealkylation sites (N-methyl/N-ethyl adjacent to an activating group) is 1. The Hall–Kier alpha value is -2.17. The topological polar surface area (TPSA) is 44.4 Å². The molecule has 2 aromatic carbocycles. The Morgan fingerprint density at radius 1 is 1.08 bits per heavy atom. The Morgan fingerprint density at radius 3 is 2.50 bits per heavy atom. The highest BCUT2D eigenvalue weighted by atomic mass is 16.2. The van der Waals surface area contributed by atoms with Gasteiger partial charge in [-0.3, -0.25) is 4.79 Å². The summed E-state index contributed by atoms with van der Waals surface area (Å²) < 4.78 is 0. The van der Waals surface area contributed by atoms with Crippen LogP contribution in [0.3, 0.4) is 0 Å². The van der Waals surface area contributed by atoms with Gasteiger partial charge in [-0.05, 0) is 50.5 Å². The number of hydrogen-bond donors (Lipinski definition) is 2. The summed E-state index contributed by atoms with van der Waals surface area (Å²) in [5, 5.41) is 0. The molecule has 1 heterocycles. The smallest absolute Gasteiger partial charge is 0.245 e. The highest BCUT2D eigenvalue weighted by Crippen LogP contribution is 2.25. The van der Waals surface area contributed by atoms with E-state index in [2.05, 4.69) is 48.1 Å². The Kier molecular flexibility index (Phi) is 4.97. The molecular formula is C20H25N3O. The lowest BCUT2D eigenvalue weighted by atomic mass is 10.0. The molecule has 2 N–H and O–H groups in total. The summed E-state index contributed by atoms with van der Waals surface area (Å²) in [4.78, 5) is 14.8. The lowest BCUT2D eigenvalue weighted by Crippen LogP contribution is -2.45. The van der Waals surface area contributed by atoms with E-state index in [1.54, 1.807) is 0 Å². The van der Waals surface area contributed by atoms with Gasteiger partial charge < -0.3 is 4.90 Å². The van der Waals surface area contributed by atoms with Crippen LogP contribution in [-0.4, -0.2) is 18.5 Å². The third-order valence-corrected chi connectivity index (χ3v) is 4.58. The largest absolute Gasteiger partial charge is 0.311 e. The van der Waals surface area contributed by atoms with E-state index in [0.717, 1.165) is 17.7 Å². The molecule has 1 saturated heterocycles. The molecule has 2 unspecified atom stereocenters. The second-order valence-electron chi connectivity index (χ2n) is 6.46. The fraction of sp³-hybridized carbons (Fsp3) is 0.350. The van der Waals surface area contributed by atoms with Crippen molar-refractivity contribution in [3.05, 3.63) is 65.2 Å². The molecular weight excluding hydrogens is 298 g/mol. The second-order valence-corrected chi connectivity index (χ2v) is 6.46. The normalized spacial score (nSPS) is 20.1. The molecule has 0 spiro atoms. The molecule has 0 saturated carbocycles. The molecule has 4 nitrogen and oxygen atoms in total. The van der Waals surface area contributed by atoms with Gasteiger partial charge in [0.25, 0.3) is 0 Å². The summed E-state index contributed by atoms with van der Waals surface area (Å²) in [6, 6.07) is 16.5. The van der Waals surface area contributed by atoms with Gasteiger partial charge in [0.15, 0.2) is 0 Å². The summed E-state index contributed by atoms with van der Waals surface area (Å²) in [5.41, 5.74) is 11.0. The lowest BCUT2D eigenvalue weighted by Gasteiger charge is -2.24. The Morgan fingerprint density at radius 2 is 1.83 bits per heavy atom. The molecule has 2 atom stereocenters. The molecule has 24 heavy (non-hydrogen) atoms. The van der Waals surface area contributed by atoms with E-state index in [4.69, 9.17) is 0 Å². The first-order valence-corrected chi connectivity index (χ1v) is 8.54. The molecule has 4 heteroatoms. The predicted octanol–water partition coefficient (Wildman–Crippen LogP) is 3.26. The maximum absolute atomic E-state index is 12.9. The van der Waals surface area contributed by atoms with Crippen molar-refractivity contribution in [3.63, 3.8) is 0 Å². The molecule has 0 aromatic heterocycles. The van der Waals surface area contributed by atoms with Crippen LogP contribution in [0.4, 0.5) is 5.69 Å². The zero-order chi connectivity index (χ0) is 17.1. The Labute approximate surface area is 143 Å². The molecule has 3 rings (SSSR count). The minimum Gasteiger partial charge on any atom is -0.311 e. The molecule has 2 aromatic rings. The Balaban J connectivity index is 1.72. The minimum atomic E-state index is -0.211. The molecule has 1 aliphatic rings. The summed E-state index contributed by atoms with van der Waals surface area (Å²) in [5.74, 6) is 0.116. The zero-order valence-electron chi connectivity index (χ0n) is 14.5. The van der Waals surface area contributed by atoms with Crippen LogP contribution < -0.4 is 15.8 Å². The number of aryl methyl sites for hydroxylation is 2. The third kappa shape index (κ3) is 3.50. The minimum absolute atomic E-state index is 0.116. The van der Waals surface area contributed by atoms with Crippen LogP contribution in [0.2, 0.25) is 0 Å². The molecule has 0 bridgehead atoms. The number of carbonyl (C=O) groups is 1. The number of rotatable bonds is 4. The van der Waals surface area contributed by atoms with Crippen LogP contribution in [0.15, 0.2) is 48.5 Å². The van der Waals surface area contributed by atoms with Gasteiger partial charge in [-0.25, -0.2) is 10.9 Å². The van der Waals surface area contributed by atoms with Crippen molar-refractivity contribution in [3.8, 4) is 0 Å². The number of nitrogens with one attached hydrogen (secondary N) is 2. The first kappa shape index (κ1) is 16.7. The van der Waals surface area contributed by atoms with E-state index < -0.39 is 0 Å². The predicted molar refractivity (Wildman–Crippen MR) is 97.8 cm³/mol. The van der Waals surface area contributed by atoms with Crippen molar-refractivity contribution in [2.45, 2.75) is 39.3 Å². The van der Waals surface area contributed by atoms with E-state index in [9.17, 15) is 4.79 Å². The van der Waals surface area contributed by atoms with Crippen molar-refractivity contribution >= 4 is 11.6 Å². The number of carbonyl (C=O) groups excluding carboxylic acids is 1. The van der Waals surface area contributed by atoms with Gasteiger partial charge in [-0.1, -0.05) is 42.0 Å². The van der Waals surface area contributed by atoms with Gasteiger partial charge in [-0.15, -0.1) is 0 Å². The van der Waals surface area contributed by atoms with Crippen molar-refractivity contribution in [2.75, 3.05) is 11.4 Å². The van der Waals surface area contributed by atoms with E-state index in [0.29, 0.717) is 6.54 Å². The highest BCUT2D eigenvalue weighted by Gasteiger charge is 2.32. The van der Waals surface area contributed by atoms with Crippen molar-refractivity contribution in [2.24, 2.45) is 0 Å². The standard InChI is InChI=1S/C20H25N3O/c1-4-23(17-7-5-6-15(3)12-17)20(24)19-13-18(21-22-19)16-10-8-14(2)9-11-16/h5-12,18-19,21-22H,4,13H2,1-3H3. The number of amides is 1. The number of benzene rings is 2. The number of hydrogen-bond acceptors (Lipinski definition) is 3. The molecule has 1 amide bonds. The first-order chi connectivity index (χ1) is 11.6. The van der Waals surface area contributed by atoms with Crippen LogP contribution in [0.5, 0.6) is 0 Å². The summed E-state index contributed by atoms with van der Waals surface area (Å²) in [7, 11) is 0. The van der Waals surface area contributed by atoms with Gasteiger partial charge in [0, 0.05) is 18.3 Å². The van der Waals surface area contributed by atoms with Crippen molar-refractivity contribution in [1.82, 2.24) is 10.9 Å². The van der Waals surface area contributed by atoms with Crippen molar-refractivity contribution in [1.29, 1.82) is 0 Å². The summed E-state index contributed by atoms with van der Waals surface area (Å²) >= 11 is 0. The maximum Gasteiger partial charge on any atom is 0.245 e. The monoisotopic (exact) mass is 323 g/mol. The van der Waals surface area contributed by atoms with E-state index in [1.807, 2.05) is 36.9 Å². The van der Waals surface area contributed by atoms with Gasteiger partial charge in [0.2, 0.25) is 5.91 Å². The fourth-order valence-electron chi connectivity index (χ4n) is 3.19. The van der Waals surface area contributed by atoms with Gasteiger partial charge in [0.05, 0.1) is 0 Å². The quantitative estimate of drug-likeness (QED) is 0.908. The van der Waals surface area contributed by atoms with E-state index >= 15 is 0 Å². The molecule has 1 fully saturated rings. The molecule has 126 valence electrons. The van der Waals surface area contributed by atoms with Crippen LogP contribution >= 0.6 is 0 Å². The average Bonchev–Trinajstić information content (AvgIpc) is 3.06. The fourth-order valence-corrected chi connectivity index (χ4v) is 3.19. The van der Waals surface area contributed by atoms with Crippen LogP contribution in [0.1, 0.15) is 36.1 Å². The van der Waals surface area contributed by atoms with Gasteiger partial charge in [0.1, 0.15) is 6.04 Å². The number of anilines is 1. The Bertz CT molecular complexity index is 711. The highest BCUT2D eigenvalue weighted by molar-refractivity contribution is 5.97. The first-order valence-electron chi connectivity index (χ1n) is 8.54. The SMILES string of the molecule is CCN(C(=O)C1CC(c2ccc(C)cc2)NN1)c1cccc(C)c1. The number of nitrogens with zero attached hydrogens (tertiary/aromatic N) is 1. The average molecular weight is 323 g/mol. The summed E-state index contributed by atoms with van der Waals surface area (Å²) in [6.45, 7) is 6.80. The zero-order valence-corrected chi connectivity index (χ0v) is 14.5. The van der Waals surface area contributed by atoms with Crippen LogP contribution in [0.25, 0.3) is 0 Å². The summed E-state index contributed by atoms with van der Waals surface area (Å²) in [6.07, 6.45) is 0.754. The van der Waals surface area contributed by atoms with Crippen molar-refractivity contribution < 1.29 is 4.79 Å². The lowest BCUT2D eigenvalue weighted by molar-refractivity contribution is -0.120. The van der Waals surface area contributed by atoms with Crippen LogP contribution in [-0.2, 0) is 4.79 Å². The molecule has 0 aliphatic carbocycles. The van der Waals surface area contributed by atoms with E-state index in [-0.39, 0.29) is 18.0 Å². The van der Waals surface area contributed by atoms with Gasteiger partial charge in [-0.2, -0.15) is 0 Å². The second kappa shape index (κ2) is 7.16. The maximum atomic E-state index is 12.9. The van der Waals surface area contributed by atoms with Gasteiger partial charge >= 0.3 is 0 Å². The molecule has 1 aliphatic heterocycles. The van der Waals surface area contributed by atoms with Crippen LogP contribution in [0, 0.1) is 13.8 Å². The van der Waals surface area contributed by atoms with E-state index in [1.165, 1.54) is 11.1 Å². The molecule has 0 radical (unpaired) electrons. The number of hydrazine groups is 1. The third-order valence-electron chi connectivity index (χ3n) is 4.58.